The van der Waals surface area contributed by atoms with E-state index in [0.29, 0.717) is 18.1 Å². The molecule has 8 nitrogen and oxygen atoms in total. The van der Waals surface area contributed by atoms with Crippen LogP contribution in [0.25, 0.3) is 11.4 Å². The number of carbonyl (C=O) groups excluding carboxylic acids is 1. The van der Waals surface area contributed by atoms with Gasteiger partial charge in [-0.2, -0.15) is 5.10 Å². The Balaban J connectivity index is 1.36. The Kier molecular flexibility index (Phi) is 4.27. The van der Waals surface area contributed by atoms with E-state index in [4.69, 9.17) is 9.72 Å². The molecular weight excluding hydrogens is 392 g/mol. The van der Waals surface area contributed by atoms with Crippen LogP contribution in [-0.4, -0.2) is 52.3 Å². The van der Waals surface area contributed by atoms with E-state index in [0.717, 1.165) is 68.0 Å². The maximum atomic E-state index is 12.6. The van der Waals surface area contributed by atoms with E-state index < -0.39 is 0 Å². The number of benzene rings is 1. The number of anilines is 1. The van der Waals surface area contributed by atoms with Gasteiger partial charge in [-0.3, -0.25) is 9.89 Å². The molecule has 0 aliphatic carbocycles. The smallest absolute Gasteiger partial charge is 0.270 e. The molecule has 0 bridgehead atoms. The van der Waals surface area contributed by atoms with Gasteiger partial charge in [0, 0.05) is 30.8 Å². The molecule has 3 aliphatic heterocycles. The second-order valence-electron chi connectivity index (χ2n) is 8.42. The molecule has 3 aromatic rings. The number of H-pyrrole nitrogens is 1. The van der Waals surface area contributed by atoms with Crippen LogP contribution < -0.4 is 10.2 Å². The standard InChI is InChI=1S/C23H24N6O2/c30-22-18-17(6-10-24-22)21(27-20(26-18)15-4-2-1-3-5-15)29-11-8-23(9-12-29)19-16(7-13-31-23)14-25-28-19/h1-5,14H,6-13H2,(H,24,30)(H,25,28). The molecule has 31 heavy (non-hydrogen) atoms. The van der Waals surface area contributed by atoms with Gasteiger partial charge in [0.05, 0.1) is 18.5 Å². The van der Waals surface area contributed by atoms with Crippen LogP contribution in [0.4, 0.5) is 5.82 Å². The van der Waals surface area contributed by atoms with Crippen LogP contribution >= 0.6 is 0 Å². The van der Waals surface area contributed by atoms with E-state index in [1.807, 2.05) is 36.5 Å². The van der Waals surface area contributed by atoms with Gasteiger partial charge in [0.15, 0.2) is 5.82 Å². The third-order valence-corrected chi connectivity index (χ3v) is 6.69. The first-order valence-electron chi connectivity index (χ1n) is 10.9. The number of aromatic nitrogens is 4. The highest BCUT2D eigenvalue weighted by Gasteiger charge is 2.43. The van der Waals surface area contributed by atoms with Crippen molar-refractivity contribution in [2.75, 3.05) is 31.1 Å². The van der Waals surface area contributed by atoms with Crippen molar-refractivity contribution in [3.05, 3.63) is 59.0 Å². The molecule has 1 fully saturated rings. The monoisotopic (exact) mass is 416 g/mol. The van der Waals surface area contributed by atoms with Crippen molar-refractivity contribution in [2.24, 2.45) is 0 Å². The molecule has 8 heteroatoms. The average molecular weight is 416 g/mol. The lowest BCUT2D eigenvalue weighted by Gasteiger charge is -2.44. The van der Waals surface area contributed by atoms with Crippen molar-refractivity contribution in [1.29, 1.82) is 0 Å². The van der Waals surface area contributed by atoms with E-state index in [2.05, 4.69) is 25.4 Å². The van der Waals surface area contributed by atoms with Crippen LogP contribution in [0.5, 0.6) is 0 Å². The van der Waals surface area contributed by atoms with Gasteiger partial charge in [-0.1, -0.05) is 30.3 Å². The second kappa shape index (κ2) is 7.16. The number of ether oxygens (including phenoxy) is 1. The van der Waals surface area contributed by atoms with Crippen LogP contribution in [-0.2, 0) is 23.2 Å². The molecule has 2 aromatic heterocycles. The van der Waals surface area contributed by atoms with Crippen molar-refractivity contribution >= 4 is 11.7 Å². The molecule has 1 amide bonds. The quantitative estimate of drug-likeness (QED) is 0.665. The van der Waals surface area contributed by atoms with Gasteiger partial charge in [-0.05, 0) is 31.2 Å². The van der Waals surface area contributed by atoms with E-state index in [1.165, 1.54) is 5.56 Å². The Morgan fingerprint density at radius 3 is 2.74 bits per heavy atom. The predicted octanol–water partition coefficient (Wildman–Crippen LogP) is 2.22. The molecule has 3 aliphatic rings. The van der Waals surface area contributed by atoms with Crippen LogP contribution in [0.15, 0.2) is 36.5 Å². The largest absolute Gasteiger partial charge is 0.368 e. The van der Waals surface area contributed by atoms with Gasteiger partial charge >= 0.3 is 0 Å². The molecule has 0 atom stereocenters. The summed E-state index contributed by atoms with van der Waals surface area (Å²) in [6, 6.07) is 9.85. The molecule has 0 radical (unpaired) electrons. The molecule has 0 unspecified atom stereocenters. The predicted molar refractivity (Wildman–Crippen MR) is 115 cm³/mol. The number of hydrogen-bond acceptors (Lipinski definition) is 6. The van der Waals surface area contributed by atoms with Gasteiger partial charge in [-0.25, -0.2) is 9.97 Å². The topological polar surface area (TPSA) is 96.0 Å². The third kappa shape index (κ3) is 3.01. The first-order chi connectivity index (χ1) is 15.2. The Bertz CT molecular complexity index is 1130. The minimum absolute atomic E-state index is 0.117. The highest BCUT2D eigenvalue weighted by molar-refractivity contribution is 5.96. The maximum Gasteiger partial charge on any atom is 0.270 e. The summed E-state index contributed by atoms with van der Waals surface area (Å²) >= 11 is 0. The molecule has 1 spiro atoms. The number of piperidine rings is 1. The first-order valence-corrected chi connectivity index (χ1v) is 10.9. The lowest BCUT2D eigenvalue weighted by Crippen LogP contribution is -2.47. The summed E-state index contributed by atoms with van der Waals surface area (Å²) in [5.74, 6) is 1.36. The number of nitrogens with one attached hydrogen (secondary N) is 2. The molecule has 5 heterocycles. The van der Waals surface area contributed by atoms with E-state index in [1.54, 1.807) is 0 Å². The normalized spacial score (nSPS) is 19.6. The number of nitrogens with zero attached hydrogens (tertiary/aromatic N) is 4. The number of rotatable bonds is 2. The molecule has 2 N–H and O–H groups in total. The van der Waals surface area contributed by atoms with Crippen molar-refractivity contribution in [3.8, 4) is 11.4 Å². The fraction of sp³-hybridized carbons (Fsp3) is 0.391. The molecule has 1 saturated heterocycles. The Labute approximate surface area is 180 Å². The highest BCUT2D eigenvalue weighted by atomic mass is 16.5. The maximum absolute atomic E-state index is 12.6. The molecule has 158 valence electrons. The SMILES string of the molecule is O=C1NCCc2c1nc(-c1ccccc1)nc2N1CCC2(CC1)OCCc1cn[nH]c12. The van der Waals surface area contributed by atoms with Crippen molar-refractivity contribution < 1.29 is 9.53 Å². The minimum atomic E-state index is -0.298. The first kappa shape index (κ1) is 18.5. The minimum Gasteiger partial charge on any atom is -0.368 e. The lowest BCUT2D eigenvalue weighted by atomic mass is 9.83. The molecule has 6 rings (SSSR count). The number of amides is 1. The van der Waals surface area contributed by atoms with Gasteiger partial charge in [0.25, 0.3) is 5.91 Å². The average Bonchev–Trinajstić information content (AvgIpc) is 3.31. The number of hydrogen-bond donors (Lipinski definition) is 2. The lowest BCUT2D eigenvalue weighted by molar-refractivity contribution is -0.0796. The van der Waals surface area contributed by atoms with Crippen LogP contribution in [0.1, 0.15) is 40.2 Å². The third-order valence-electron chi connectivity index (χ3n) is 6.69. The van der Waals surface area contributed by atoms with Crippen molar-refractivity contribution in [2.45, 2.75) is 31.3 Å². The summed E-state index contributed by atoms with van der Waals surface area (Å²) in [5.41, 5.74) is 4.46. The van der Waals surface area contributed by atoms with Crippen molar-refractivity contribution in [1.82, 2.24) is 25.5 Å². The van der Waals surface area contributed by atoms with Crippen LogP contribution in [0.3, 0.4) is 0 Å². The van der Waals surface area contributed by atoms with Crippen molar-refractivity contribution in [3.63, 3.8) is 0 Å². The fourth-order valence-corrected chi connectivity index (χ4v) is 5.05. The molecular formula is C23H24N6O2. The van der Waals surface area contributed by atoms with Gasteiger partial charge < -0.3 is 15.0 Å². The molecule has 1 aromatic carbocycles. The number of aromatic amines is 1. The van der Waals surface area contributed by atoms with Crippen LogP contribution in [0, 0.1) is 0 Å². The Morgan fingerprint density at radius 2 is 1.90 bits per heavy atom. The second-order valence-corrected chi connectivity index (χ2v) is 8.42. The number of carbonyl (C=O) groups is 1. The Hall–Kier alpha value is -3.26. The van der Waals surface area contributed by atoms with Gasteiger partial charge in [-0.15, -0.1) is 0 Å². The van der Waals surface area contributed by atoms with E-state index >= 15 is 0 Å². The van der Waals surface area contributed by atoms with E-state index in [9.17, 15) is 4.79 Å². The summed E-state index contributed by atoms with van der Waals surface area (Å²) in [6.07, 6.45) is 5.29. The zero-order valence-corrected chi connectivity index (χ0v) is 17.2. The highest BCUT2D eigenvalue weighted by Crippen LogP contribution is 2.41. The summed E-state index contributed by atoms with van der Waals surface area (Å²) in [4.78, 5) is 24.5. The van der Waals surface area contributed by atoms with E-state index in [-0.39, 0.29) is 11.5 Å². The zero-order valence-electron chi connectivity index (χ0n) is 17.2. The summed E-state index contributed by atoms with van der Waals surface area (Å²) < 4.78 is 6.30. The fourth-order valence-electron chi connectivity index (χ4n) is 5.05. The Morgan fingerprint density at radius 1 is 1.06 bits per heavy atom. The van der Waals surface area contributed by atoms with Crippen LogP contribution in [0.2, 0.25) is 0 Å². The zero-order chi connectivity index (χ0) is 20.8. The number of fused-ring (bicyclic) bond motifs is 3. The summed E-state index contributed by atoms with van der Waals surface area (Å²) in [5, 5.41) is 10.4. The summed E-state index contributed by atoms with van der Waals surface area (Å²) in [7, 11) is 0. The van der Waals surface area contributed by atoms with Gasteiger partial charge in [0.1, 0.15) is 17.1 Å². The molecule has 0 saturated carbocycles. The summed E-state index contributed by atoms with van der Waals surface area (Å²) in [6.45, 7) is 2.95. The van der Waals surface area contributed by atoms with Gasteiger partial charge in [0.2, 0.25) is 0 Å².